The Bertz CT molecular complexity index is 1120. The molecule has 150 valence electrons. The number of methoxy groups -OCH3 is 3. The van der Waals surface area contributed by atoms with Gasteiger partial charge in [-0.25, -0.2) is 9.78 Å². The highest BCUT2D eigenvalue weighted by molar-refractivity contribution is 5.94. The summed E-state index contributed by atoms with van der Waals surface area (Å²) in [5, 5.41) is 13.5. The molecule has 1 aliphatic rings. The number of aromatic hydroxyl groups is 1. The van der Waals surface area contributed by atoms with Gasteiger partial charge in [-0.2, -0.15) is 0 Å². The number of allylic oxidation sites excluding steroid dienone is 1. The zero-order valence-electron chi connectivity index (χ0n) is 16.5. The Morgan fingerprint density at radius 2 is 1.79 bits per heavy atom. The van der Waals surface area contributed by atoms with Gasteiger partial charge in [0.25, 0.3) is 0 Å². The molecular weight excluding hydrogens is 374 g/mol. The van der Waals surface area contributed by atoms with E-state index in [2.05, 4.69) is 10.3 Å². The number of nitrogens with zero attached hydrogens (tertiary/aromatic N) is 2. The van der Waals surface area contributed by atoms with Crippen molar-refractivity contribution in [2.24, 2.45) is 0 Å². The van der Waals surface area contributed by atoms with Crippen LogP contribution in [0.25, 0.3) is 11.0 Å². The van der Waals surface area contributed by atoms with E-state index >= 15 is 0 Å². The first-order valence-electron chi connectivity index (χ1n) is 8.98. The van der Waals surface area contributed by atoms with Crippen molar-refractivity contribution in [3.8, 4) is 17.2 Å². The van der Waals surface area contributed by atoms with Crippen molar-refractivity contribution in [2.75, 3.05) is 26.6 Å². The van der Waals surface area contributed by atoms with Gasteiger partial charge in [0.2, 0.25) is 11.7 Å². The van der Waals surface area contributed by atoms with E-state index in [0.29, 0.717) is 22.8 Å². The van der Waals surface area contributed by atoms with Gasteiger partial charge in [0.05, 0.1) is 44.0 Å². The number of rotatable bonds is 4. The molecule has 3 aromatic rings. The van der Waals surface area contributed by atoms with E-state index in [1.54, 1.807) is 19.1 Å². The van der Waals surface area contributed by atoms with Crippen LogP contribution in [-0.2, 0) is 9.53 Å². The maximum atomic E-state index is 12.7. The number of phenolic OH excluding ortho intramolecular Hbond substituents is 1. The Balaban J connectivity index is 2.04. The van der Waals surface area contributed by atoms with Crippen LogP contribution in [-0.4, -0.2) is 42.0 Å². The molecule has 29 heavy (non-hydrogen) atoms. The number of hydrogen-bond acceptors (Lipinski definition) is 7. The number of esters is 1. The molecule has 0 aliphatic carbocycles. The molecule has 0 fully saturated rings. The number of para-hydroxylation sites is 2. The molecule has 0 unspecified atom stereocenters. The Morgan fingerprint density at radius 1 is 1.14 bits per heavy atom. The normalized spacial score (nSPS) is 15.7. The first kappa shape index (κ1) is 18.7. The molecule has 0 bridgehead atoms. The monoisotopic (exact) mass is 395 g/mol. The van der Waals surface area contributed by atoms with Crippen LogP contribution >= 0.6 is 0 Å². The van der Waals surface area contributed by atoms with E-state index in [1.165, 1.54) is 21.3 Å². The molecule has 2 heterocycles. The molecule has 4 rings (SSSR count). The topological polar surface area (TPSA) is 94.8 Å². The predicted octanol–water partition coefficient (Wildman–Crippen LogP) is 3.22. The van der Waals surface area contributed by atoms with Crippen molar-refractivity contribution in [1.82, 2.24) is 9.55 Å². The zero-order valence-corrected chi connectivity index (χ0v) is 16.5. The van der Waals surface area contributed by atoms with Gasteiger partial charge in [0, 0.05) is 5.70 Å². The Hall–Kier alpha value is -3.68. The second-order valence-electron chi connectivity index (χ2n) is 6.63. The predicted molar refractivity (Wildman–Crippen MR) is 107 cm³/mol. The standard InChI is InChI=1S/C21H21N3O5/c1-11-17(20(26)29-4)18(12-9-15(27-2)19(25)16(10-12)28-3)24-14-8-6-5-7-13(14)23-21(24)22-11/h5-10,18,25H,1-4H3,(H,22,23)/t18-/m1/s1. The number of ether oxygens (including phenoxy) is 3. The fourth-order valence-electron chi connectivity index (χ4n) is 3.73. The fourth-order valence-corrected chi connectivity index (χ4v) is 3.73. The van der Waals surface area contributed by atoms with E-state index in [1.807, 2.05) is 28.8 Å². The van der Waals surface area contributed by atoms with Crippen molar-refractivity contribution in [1.29, 1.82) is 0 Å². The van der Waals surface area contributed by atoms with Gasteiger partial charge in [-0.3, -0.25) is 4.57 Å². The molecule has 1 atom stereocenters. The van der Waals surface area contributed by atoms with Crippen molar-refractivity contribution < 1.29 is 24.1 Å². The van der Waals surface area contributed by atoms with Crippen molar-refractivity contribution in [3.05, 3.63) is 53.2 Å². The zero-order chi connectivity index (χ0) is 20.7. The van der Waals surface area contributed by atoms with E-state index in [-0.39, 0.29) is 17.2 Å². The highest BCUT2D eigenvalue weighted by Crippen LogP contribution is 2.44. The number of fused-ring (bicyclic) bond motifs is 3. The number of benzene rings is 2. The number of anilines is 1. The van der Waals surface area contributed by atoms with E-state index in [9.17, 15) is 9.90 Å². The first-order chi connectivity index (χ1) is 14.0. The fraction of sp³-hybridized carbons (Fsp3) is 0.238. The summed E-state index contributed by atoms with van der Waals surface area (Å²) in [5.41, 5.74) is 3.38. The van der Waals surface area contributed by atoms with Gasteiger partial charge in [-0.05, 0) is 36.8 Å². The molecule has 0 spiro atoms. The molecule has 2 N–H and O–H groups in total. The van der Waals surface area contributed by atoms with Crippen LogP contribution < -0.4 is 14.8 Å². The number of carbonyl (C=O) groups is 1. The number of imidazole rings is 1. The van der Waals surface area contributed by atoms with E-state index < -0.39 is 12.0 Å². The lowest BCUT2D eigenvalue weighted by molar-refractivity contribution is -0.136. The molecule has 1 aromatic heterocycles. The summed E-state index contributed by atoms with van der Waals surface area (Å²) in [7, 11) is 4.27. The lowest BCUT2D eigenvalue weighted by Crippen LogP contribution is -2.28. The van der Waals surface area contributed by atoms with Gasteiger partial charge >= 0.3 is 5.97 Å². The van der Waals surface area contributed by atoms with Crippen LogP contribution in [0.3, 0.4) is 0 Å². The largest absolute Gasteiger partial charge is 0.502 e. The minimum absolute atomic E-state index is 0.108. The van der Waals surface area contributed by atoms with Crippen LogP contribution in [0.2, 0.25) is 0 Å². The van der Waals surface area contributed by atoms with Gasteiger partial charge < -0.3 is 24.6 Å². The van der Waals surface area contributed by atoms with Crippen molar-refractivity contribution >= 4 is 23.0 Å². The average molecular weight is 395 g/mol. The summed E-state index contributed by atoms with van der Waals surface area (Å²) in [4.78, 5) is 17.4. The quantitative estimate of drug-likeness (QED) is 0.655. The summed E-state index contributed by atoms with van der Waals surface area (Å²) < 4.78 is 17.6. The highest BCUT2D eigenvalue weighted by Gasteiger charge is 2.35. The second kappa shape index (κ2) is 7.05. The number of carbonyl (C=O) groups excluding carboxylic acids is 1. The molecule has 0 radical (unpaired) electrons. The Morgan fingerprint density at radius 3 is 2.41 bits per heavy atom. The highest BCUT2D eigenvalue weighted by atomic mass is 16.5. The van der Waals surface area contributed by atoms with Gasteiger partial charge in [0.15, 0.2) is 11.5 Å². The molecule has 8 nitrogen and oxygen atoms in total. The molecule has 1 aliphatic heterocycles. The summed E-state index contributed by atoms with van der Waals surface area (Å²) in [6.07, 6.45) is 0. The molecule has 8 heteroatoms. The number of aromatic nitrogens is 2. The third kappa shape index (κ3) is 2.84. The molecule has 0 amide bonds. The molecule has 0 saturated heterocycles. The first-order valence-corrected chi connectivity index (χ1v) is 8.98. The number of nitrogens with one attached hydrogen (secondary N) is 1. The van der Waals surface area contributed by atoms with Crippen LogP contribution in [0.15, 0.2) is 47.7 Å². The maximum absolute atomic E-state index is 12.7. The number of hydrogen-bond donors (Lipinski definition) is 2. The van der Waals surface area contributed by atoms with Crippen LogP contribution in [0, 0.1) is 0 Å². The lowest BCUT2D eigenvalue weighted by Gasteiger charge is -2.30. The average Bonchev–Trinajstić information content (AvgIpc) is 3.10. The maximum Gasteiger partial charge on any atom is 0.337 e. The summed E-state index contributed by atoms with van der Waals surface area (Å²) in [6.45, 7) is 1.80. The SMILES string of the molecule is COC(=O)C1=C(C)Nc2nc3ccccc3n2[C@@H]1c1cc(OC)c(O)c(OC)c1. The smallest absolute Gasteiger partial charge is 0.337 e. The second-order valence-corrected chi connectivity index (χ2v) is 6.63. The van der Waals surface area contributed by atoms with E-state index in [0.717, 1.165) is 11.0 Å². The van der Waals surface area contributed by atoms with Crippen molar-refractivity contribution in [2.45, 2.75) is 13.0 Å². The number of phenols is 1. The van der Waals surface area contributed by atoms with Crippen molar-refractivity contribution in [3.63, 3.8) is 0 Å². The lowest BCUT2D eigenvalue weighted by atomic mass is 9.94. The molecule has 0 saturated carbocycles. The minimum atomic E-state index is -0.561. The third-order valence-electron chi connectivity index (χ3n) is 5.05. The van der Waals surface area contributed by atoms with Gasteiger partial charge in [0.1, 0.15) is 0 Å². The minimum Gasteiger partial charge on any atom is -0.502 e. The summed E-state index contributed by atoms with van der Waals surface area (Å²) in [5.74, 6) is 0.516. The Kier molecular flexibility index (Phi) is 4.54. The summed E-state index contributed by atoms with van der Waals surface area (Å²) in [6, 6.07) is 10.5. The van der Waals surface area contributed by atoms with Crippen LogP contribution in [0.4, 0.5) is 5.95 Å². The summed E-state index contributed by atoms with van der Waals surface area (Å²) >= 11 is 0. The molecule has 2 aromatic carbocycles. The Labute approximate surface area is 167 Å². The van der Waals surface area contributed by atoms with Crippen LogP contribution in [0.5, 0.6) is 17.2 Å². The van der Waals surface area contributed by atoms with Gasteiger partial charge in [-0.1, -0.05) is 12.1 Å². The third-order valence-corrected chi connectivity index (χ3v) is 5.05. The van der Waals surface area contributed by atoms with Gasteiger partial charge in [-0.15, -0.1) is 0 Å². The molecular formula is C21H21N3O5. The van der Waals surface area contributed by atoms with Crippen LogP contribution in [0.1, 0.15) is 18.5 Å². The van der Waals surface area contributed by atoms with E-state index in [4.69, 9.17) is 14.2 Å².